The Bertz CT molecular complexity index is 724. The van der Waals surface area contributed by atoms with E-state index in [4.69, 9.17) is 4.74 Å². The van der Waals surface area contributed by atoms with Gasteiger partial charge in [0.2, 0.25) is 5.91 Å². The number of hydrogen-bond donors (Lipinski definition) is 0. The van der Waals surface area contributed by atoms with Gasteiger partial charge in [-0.3, -0.25) is 9.78 Å². The SMILES string of the molecule is O=C(C1CCOCC1)N1CCCC(c2nccn2Cc2ccccn2)C1. The quantitative estimate of drug-likeness (QED) is 0.846. The van der Waals surface area contributed by atoms with Gasteiger partial charge >= 0.3 is 0 Å². The number of ether oxygens (including phenoxy) is 1. The zero-order chi connectivity index (χ0) is 17.8. The highest BCUT2D eigenvalue weighted by Gasteiger charge is 2.31. The number of carbonyl (C=O) groups is 1. The summed E-state index contributed by atoms with van der Waals surface area (Å²) < 4.78 is 7.58. The molecule has 1 amide bonds. The molecule has 6 nitrogen and oxygen atoms in total. The van der Waals surface area contributed by atoms with Crippen LogP contribution in [0.2, 0.25) is 0 Å². The molecule has 1 unspecified atom stereocenters. The third kappa shape index (κ3) is 3.80. The number of nitrogens with zero attached hydrogens (tertiary/aromatic N) is 4. The van der Waals surface area contributed by atoms with E-state index in [2.05, 4.69) is 19.4 Å². The number of imidazole rings is 1. The number of amides is 1. The molecule has 0 N–H and O–H groups in total. The molecule has 1 atom stereocenters. The molecule has 138 valence electrons. The standard InChI is InChI=1S/C20H26N4O2/c25-20(16-6-12-26-13-7-16)24-10-3-4-17(14-24)19-22-9-11-23(19)15-18-5-1-2-8-21-18/h1-2,5,8-9,11,16-17H,3-4,6-7,10,12-15H2. The Labute approximate surface area is 154 Å². The first kappa shape index (κ1) is 17.2. The zero-order valence-corrected chi connectivity index (χ0v) is 15.1. The lowest BCUT2D eigenvalue weighted by molar-refractivity contribution is -0.139. The normalized spacial score (nSPS) is 21.7. The maximum Gasteiger partial charge on any atom is 0.225 e. The number of piperidine rings is 1. The molecule has 0 radical (unpaired) electrons. The third-order valence-corrected chi connectivity index (χ3v) is 5.47. The summed E-state index contributed by atoms with van der Waals surface area (Å²) in [6, 6.07) is 5.97. The van der Waals surface area contributed by atoms with Gasteiger partial charge in [0.1, 0.15) is 5.82 Å². The van der Waals surface area contributed by atoms with E-state index in [-0.39, 0.29) is 5.92 Å². The number of likely N-dealkylation sites (tertiary alicyclic amines) is 1. The molecule has 2 aromatic rings. The number of hydrogen-bond acceptors (Lipinski definition) is 4. The minimum absolute atomic E-state index is 0.135. The number of carbonyl (C=O) groups excluding carboxylic acids is 1. The van der Waals surface area contributed by atoms with Crippen LogP contribution in [0.1, 0.15) is 43.1 Å². The molecule has 2 saturated heterocycles. The van der Waals surface area contributed by atoms with Gasteiger partial charge in [-0.25, -0.2) is 4.98 Å². The Morgan fingerprint density at radius 1 is 1.15 bits per heavy atom. The van der Waals surface area contributed by atoms with Gasteiger partial charge in [0.05, 0.1) is 12.2 Å². The lowest BCUT2D eigenvalue weighted by atomic mass is 9.93. The monoisotopic (exact) mass is 354 g/mol. The molecule has 0 aliphatic carbocycles. The number of rotatable bonds is 4. The van der Waals surface area contributed by atoms with Crippen LogP contribution in [0.15, 0.2) is 36.8 Å². The second kappa shape index (κ2) is 7.99. The summed E-state index contributed by atoms with van der Waals surface area (Å²) in [5.74, 6) is 1.81. The van der Waals surface area contributed by atoms with E-state index < -0.39 is 0 Å². The zero-order valence-electron chi connectivity index (χ0n) is 15.1. The fourth-order valence-corrected chi connectivity index (χ4v) is 4.07. The van der Waals surface area contributed by atoms with E-state index in [0.29, 0.717) is 25.0 Å². The van der Waals surface area contributed by atoms with Gasteiger partial charge < -0.3 is 14.2 Å². The first-order valence-electron chi connectivity index (χ1n) is 9.59. The lowest BCUT2D eigenvalue weighted by Gasteiger charge is -2.35. The highest BCUT2D eigenvalue weighted by atomic mass is 16.5. The lowest BCUT2D eigenvalue weighted by Crippen LogP contribution is -2.44. The van der Waals surface area contributed by atoms with Crippen molar-refractivity contribution in [2.45, 2.75) is 38.1 Å². The van der Waals surface area contributed by atoms with Gasteiger partial charge in [0.15, 0.2) is 0 Å². The maximum atomic E-state index is 12.9. The topological polar surface area (TPSA) is 60.2 Å². The van der Waals surface area contributed by atoms with Crippen molar-refractivity contribution in [2.75, 3.05) is 26.3 Å². The molecular weight excluding hydrogens is 328 g/mol. The average Bonchev–Trinajstić information content (AvgIpc) is 3.17. The molecule has 4 rings (SSSR count). The second-order valence-electron chi connectivity index (χ2n) is 7.24. The van der Waals surface area contributed by atoms with E-state index in [0.717, 1.165) is 56.8 Å². The van der Waals surface area contributed by atoms with Crippen LogP contribution in [0.25, 0.3) is 0 Å². The average molecular weight is 354 g/mol. The molecule has 2 aromatic heterocycles. The van der Waals surface area contributed by atoms with Crippen molar-refractivity contribution in [3.05, 3.63) is 48.3 Å². The third-order valence-electron chi connectivity index (χ3n) is 5.47. The summed E-state index contributed by atoms with van der Waals surface area (Å²) in [7, 11) is 0. The van der Waals surface area contributed by atoms with Crippen LogP contribution in [-0.2, 0) is 16.1 Å². The highest BCUT2D eigenvalue weighted by Crippen LogP contribution is 2.28. The predicted octanol–water partition coefficient (Wildman–Crippen LogP) is 2.46. The summed E-state index contributed by atoms with van der Waals surface area (Å²) in [5.41, 5.74) is 1.03. The van der Waals surface area contributed by atoms with Crippen molar-refractivity contribution in [3.63, 3.8) is 0 Å². The molecule has 2 fully saturated rings. The van der Waals surface area contributed by atoms with Crippen LogP contribution in [0, 0.1) is 5.92 Å². The molecule has 0 aromatic carbocycles. The minimum atomic E-state index is 0.135. The Hall–Kier alpha value is -2.21. The van der Waals surface area contributed by atoms with Crippen LogP contribution >= 0.6 is 0 Å². The van der Waals surface area contributed by atoms with Crippen molar-refractivity contribution in [1.29, 1.82) is 0 Å². The largest absolute Gasteiger partial charge is 0.381 e. The van der Waals surface area contributed by atoms with E-state index >= 15 is 0 Å². The van der Waals surface area contributed by atoms with Gasteiger partial charge in [0.25, 0.3) is 0 Å². The highest BCUT2D eigenvalue weighted by molar-refractivity contribution is 5.79. The second-order valence-corrected chi connectivity index (χ2v) is 7.24. The Morgan fingerprint density at radius 2 is 2.04 bits per heavy atom. The summed E-state index contributed by atoms with van der Waals surface area (Å²) in [6.45, 7) is 3.79. The molecule has 0 bridgehead atoms. The van der Waals surface area contributed by atoms with E-state index in [1.807, 2.05) is 36.8 Å². The van der Waals surface area contributed by atoms with Crippen LogP contribution in [0.5, 0.6) is 0 Å². The first-order chi connectivity index (χ1) is 12.8. The van der Waals surface area contributed by atoms with Gasteiger partial charge in [-0.15, -0.1) is 0 Å². The van der Waals surface area contributed by atoms with Gasteiger partial charge in [-0.1, -0.05) is 6.07 Å². The van der Waals surface area contributed by atoms with Gasteiger partial charge in [-0.05, 0) is 37.8 Å². The Balaban J connectivity index is 1.45. The van der Waals surface area contributed by atoms with Crippen LogP contribution < -0.4 is 0 Å². The van der Waals surface area contributed by atoms with Crippen molar-refractivity contribution >= 4 is 5.91 Å². The summed E-state index contributed by atoms with van der Waals surface area (Å²) in [4.78, 5) is 24.0. The molecule has 26 heavy (non-hydrogen) atoms. The maximum absolute atomic E-state index is 12.9. The van der Waals surface area contributed by atoms with Crippen molar-refractivity contribution < 1.29 is 9.53 Å². The fourth-order valence-electron chi connectivity index (χ4n) is 4.07. The first-order valence-corrected chi connectivity index (χ1v) is 9.59. The van der Waals surface area contributed by atoms with Crippen molar-refractivity contribution in [2.24, 2.45) is 5.92 Å². The molecule has 4 heterocycles. The molecule has 2 aliphatic heterocycles. The summed E-state index contributed by atoms with van der Waals surface area (Å²) >= 11 is 0. The van der Waals surface area contributed by atoms with Crippen LogP contribution in [0.4, 0.5) is 0 Å². The van der Waals surface area contributed by atoms with Gasteiger partial charge in [-0.2, -0.15) is 0 Å². The van der Waals surface area contributed by atoms with E-state index in [1.54, 1.807) is 0 Å². The summed E-state index contributed by atoms with van der Waals surface area (Å²) in [6.07, 6.45) is 9.52. The minimum Gasteiger partial charge on any atom is -0.381 e. The molecule has 2 aliphatic rings. The Kier molecular flexibility index (Phi) is 5.29. The molecule has 6 heteroatoms. The van der Waals surface area contributed by atoms with Crippen LogP contribution in [0.3, 0.4) is 0 Å². The molecule has 0 spiro atoms. The number of aromatic nitrogens is 3. The van der Waals surface area contributed by atoms with Crippen molar-refractivity contribution in [1.82, 2.24) is 19.4 Å². The number of pyridine rings is 1. The molecule has 0 saturated carbocycles. The van der Waals surface area contributed by atoms with Gasteiger partial charge in [0, 0.05) is 56.7 Å². The smallest absolute Gasteiger partial charge is 0.225 e. The fraction of sp³-hybridized carbons (Fsp3) is 0.550. The predicted molar refractivity (Wildman–Crippen MR) is 97.7 cm³/mol. The van der Waals surface area contributed by atoms with Crippen molar-refractivity contribution in [3.8, 4) is 0 Å². The van der Waals surface area contributed by atoms with E-state index in [1.165, 1.54) is 0 Å². The van der Waals surface area contributed by atoms with E-state index in [9.17, 15) is 4.79 Å². The Morgan fingerprint density at radius 3 is 2.85 bits per heavy atom. The molecular formula is C20H26N4O2. The van der Waals surface area contributed by atoms with Crippen LogP contribution in [-0.4, -0.2) is 51.6 Å². The summed E-state index contributed by atoms with van der Waals surface area (Å²) in [5, 5.41) is 0.